The third-order valence-electron chi connectivity index (χ3n) is 4.08. The molecule has 3 rings (SSSR count). The molecule has 0 radical (unpaired) electrons. The molecule has 0 aliphatic heterocycles. The maximum Gasteiger partial charge on any atom is 0.246 e. The summed E-state index contributed by atoms with van der Waals surface area (Å²) in [7, 11) is 1.61. The summed E-state index contributed by atoms with van der Waals surface area (Å²) in [5, 5.41) is 12.9. The zero-order valence-corrected chi connectivity index (χ0v) is 14.8. The predicted molar refractivity (Wildman–Crippen MR) is 102 cm³/mol. The summed E-state index contributed by atoms with van der Waals surface area (Å²) in [6.07, 6.45) is 3.59. The summed E-state index contributed by atoms with van der Waals surface area (Å²) in [5.41, 5.74) is 3.64. The Labute approximate surface area is 152 Å². The second-order valence-corrected chi connectivity index (χ2v) is 5.82. The van der Waals surface area contributed by atoms with E-state index in [4.69, 9.17) is 4.74 Å². The van der Waals surface area contributed by atoms with Gasteiger partial charge in [0, 0.05) is 17.4 Å². The lowest BCUT2D eigenvalue weighted by atomic mass is 10.1. The molecular weight excluding hydrogens is 328 g/mol. The van der Waals surface area contributed by atoms with Crippen LogP contribution >= 0.6 is 0 Å². The molecule has 0 aliphatic carbocycles. The summed E-state index contributed by atoms with van der Waals surface area (Å²) in [6, 6.07) is 14.7. The fraction of sp³-hybridized carbons (Fsp3) is 0.200. The van der Waals surface area contributed by atoms with Gasteiger partial charge in [0.2, 0.25) is 5.91 Å². The first-order chi connectivity index (χ1) is 12.7. The van der Waals surface area contributed by atoms with Crippen LogP contribution in [0.4, 0.5) is 5.69 Å². The Morgan fingerprint density at radius 1 is 1.19 bits per heavy atom. The molecule has 0 fully saturated rings. The van der Waals surface area contributed by atoms with E-state index in [1.54, 1.807) is 13.3 Å². The molecule has 0 spiro atoms. The zero-order chi connectivity index (χ0) is 18.4. The van der Waals surface area contributed by atoms with Crippen LogP contribution in [0, 0.1) is 0 Å². The normalized spacial score (nSPS) is 11.8. The summed E-state index contributed by atoms with van der Waals surface area (Å²) in [5.74, 6) is 0.610. The number of nitrogens with zero attached hydrogens (tertiary/aromatic N) is 1. The zero-order valence-electron chi connectivity index (χ0n) is 14.8. The van der Waals surface area contributed by atoms with Gasteiger partial charge in [0.25, 0.3) is 0 Å². The topological polar surface area (TPSA) is 79.0 Å². The van der Waals surface area contributed by atoms with Crippen molar-refractivity contribution in [3.05, 3.63) is 66.5 Å². The molecule has 1 atom stereocenters. The maximum absolute atomic E-state index is 12.8. The SMILES string of the molecule is CCNC(C(=O)Nc1ccc(-c2cn[nH]c2)cc1)c1cccc(OC)c1. The first kappa shape index (κ1) is 17.7. The Kier molecular flexibility index (Phi) is 5.66. The standard InChI is InChI=1S/C20H22N4O2/c1-3-21-19(15-5-4-6-18(11-15)26-2)20(25)24-17-9-7-14(8-10-17)16-12-22-23-13-16/h4-13,19,21H,3H2,1-2H3,(H,22,23)(H,24,25). The Hall–Kier alpha value is -3.12. The van der Waals surface area contributed by atoms with Gasteiger partial charge < -0.3 is 15.4 Å². The molecule has 6 heteroatoms. The first-order valence-electron chi connectivity index (χ1n) is 8.48. The van der Waals surface area contributed by atoms with Crippen molar-refractivity contribution in [3.63, 3.8) is 0 Å². The fourth-order valence-corrected chi connectivity index (χ4v) is 2.76. The minimum atomic E-state index is -0.455. The van der Waals surface area contributed by atoms with Crippen molar-refractivity contribution in [2.45, 2.75) is 13.0 Å². The number of hydrogen-bond acceptors (Lipinski definition) is 4. The smallest absolute Gasteiger partial charge is 0.246 e. The molecule has 1 aromatic heterocycles. The van der Waals surface area contributed by atoms with E-state index in [-0.39, 0.29) is 5.91 Å². The van der Waals surface area contributed by atoms with Gasteiger partial charge in [0.15, 0.2) is 0 Å². The Bertz CT molecular complexity index is 845. The van der Waals surface area contributed by atoms with Gasteiger partial charge in [-0.3, -0.25) is 9.89 Å². The fourth-order valence-electron chi connectivity index (χ4n) is 2.76. The van der Waals surface area contributed by atoms with E-state index < -0.39 is 6.04 Å². The summed E-state index contributed by atoms with van der Waals surface area (Å²) < 4.78 is 5.26. The van der Waals surface area contributed by atoms with Crippen LogP contribution in [-0.4, -0.2) is 29.8 Å². The molecule has 2 aromatic carbocycles. The number of carbonyl (C=O) groups is 1. The number of anilines is 1. The molecule has 0 bridgehead atoms. The minimum Gasteiger partial charge on any atom is -0.497 e. The highest BCUT2D eigenvalue weighted by Gasteiger charge is 2.20. The van der Waals surface area contributed by atoms with Gasteiger partial charge in [-0.05, 0) is 41.9 Å². The van der Waals surface area contributed by atoms with Crippen molar-refractivity contribution in [1.82, 2.24) is 15.5 Å². The lowest BCUT2D eigenvalue weighted by Gasteiger charge is -2.18. The van der Waals surface area contributed by atoms with E-state index in [0.29, 0.717) is 6.54 Å². The third-order valence-corrected chi connectivity index (χ3v) is 4.08. The van der Waals surface area contributed by atoms with E-state index in [2.05, 4.69) is 20.8 Å². The van der Waals surface area contributed by atoms with E-state index in [1.165, 1.54) is 0 Å². The monoisotopic (exact) mass is 350 g/mol. The van der Waals surface area contributed by atoms with Crippen LogP contribution in [0.15, 0.2) is 60.9 Å². The van der Waals surface area contributed by atoms with Gasteiger partial charge in [-0.15, -0.1) is 0 Å². The average Bonchev–Trinajstić information content (AvgIpc) is 3.21. The van der Waals surface area contributed by atoms with E-state index in [9.17, 15) is 4.79 Å². The number of H-pyrrole nitrogens is 1. The third kappa shape index (κ3) is 4.10. The van der Waals surface area contributed by atoms with Gasteiger partial charge in [0.05, 0.1) is 13.3 Å². The molecule has 3 aromatic rings. The van der Waals surface area contributed by atoms with E-state index in [1.807, 2.05) is 61.7 Å². The highest BCUT2D eigenvalue weighted by molar-refractivity contribution is 5.95. The second kappa shape index (κ2) is 8.31. The highest BCUT2D eigenvalue weighted by atomic mass is 16.5. The molecule has 1 amide bonds. The molecule has 6 nitrogen and oxygen atoms in total. The van der Waals surface area contributed by atoms with Gasteiger partial charge in [-0.1, -0.05) is 31.2 Å². The van der Waals surface area contributed by atoms with E-state index >= 15 is 0 Å². The van der Waals surface area contributed by atoms with Crippen molar-refractivity contribution in [1.29, 1.82) is 0 Å². The van der Waals surface area contributed by atoms with Crippen LogP contribution in [0.25, 0.3) is 11.1 Å². The number of carbonyl (C=O) groups excluding carboxylic acids is 1. The Balaban J connectivity index is 1.75. The number of nitrogens with one attached hydrogen (secondary N) is 3. The minimum absolute atomic E-state index is 0.115. The molecule has 3 N–H and O–H groups in total. The van der Waals surface area contributed by atoms with Gasteiger partial charge in [-0.2, -0.15) is 5.10 Å². The molecule has 0 saturated heterocycles. The number of benzene rings is 2. The van der Waals surface area contributed by atoms with Crippen LogP contribution in [0.1, 0.15) is 18.5 Å². The number of aromatic nitrogens is 2. The lowest BCUT2D eigenvalue weighted by Crippen LogP contribution is -2.32. The first-order valence-corrected chi connectivity index (χ1v) is 8.48. The van der Waals surface area contributed by atoms with Crippen molar-refractivity contribution in [3.8, 4) is 16.9 Å². The number of likely N-dealkylation sites (N-methyl/N-ethyl adjacent to an activating group) is 1. The molecule has 1 heterocycles. The average molecular weight is 350 g/mol. The number of amides is 1. The number of aromatic amines is 1. The van der Waals surface area contributed by atoms with Gasteiger partial charge in [0.1, 0.15) is 11.8 Å². The summed E-state index contributed by atoms with van der Waals surface area (Å²) in [4.78, 5) is 12.8. The molecular formula is C20H22N4O2. The lowest BCUT2D eigenvalue weighted by molar-refractivity contribution is -0.118. The van der Waals surface area contributed by atoms with Gasteiger partial charge in [-0.25, -0.2) is 0 Å². The Morgan fingerprint density at radius 3 is 2.65 bits per heavy atom. The van der Waals surface area contributed by atoms with Crippen LogP contribution in [-0.2, 0) is 4.79 Å². The Morgan fingerprint density at radius 2 is 2.00 bits per heavy atom. The highest BCUT2D eigenvalue weighted by Crippen LogP contribution is 2.23. The number of methoxy groups -OCH3 is 1. The second-order valence-electron chi connectivity index (χ2n) is 5.82. The van der Waals surface area contributed by atoms with Crippen LogP contribution in [0.5, 0.6) is 5.75 Å². The van der Waals surface area contributed by atoms with Crippen LogP contribution in [0.2, 0.25) is 0 Å². The molecule has 26 heavy (non-hydrogen) atoms. The number of ether oxygens (including phenoxy) is 1. The van der Waals surface area contributed by atoms with Crippen molar-refractivity contribution in [2.75, 3.05) is 19.0 Å². The van der Waals surface area contributed by atoms with Crippen LogP contribution < -0.4 is 15.4 Å². The molecule has 0 aliphatic rings. The predicted octanol–water partition coefficient (Wildman–Crippen LogP) is 3.37. The summed E-state index contributed by atoms with van der Waals surface area (Å²) >= 11 is 0. The molecule has 0 saturated carbocycles. The summed E-state index contributed by atoms with van der Waals surface area (Å²) in [6.45, 7) is 2.65. The van der Waals surface area contributed by atoms with Crippen molar-refractivity contribution in [2.24, 2.45) is 0 Å². The quantitative estimate of drug-likeness (QED) is 0.610. The maximum atomic E-state index is 12.8. The number of rotatable bonds is 7. The molecule has 134 valence electrons. The van der Waals surface area contributed by atoms with E-state index in [0.717, 1.165) is 28.1 Å². The van der Waals surface area contributed by atoms with Crippen LogP contribution in [0.3, 0.4) is 0 Å². The largest absolute Gasteiger partial charge is 0.497 e. The molecule has 1 unspecified atom stereocenters. The van der Waals surface area contributed by atoms with Gasteiger partial charge >= 0.3 is 0 Å². The van der Waals surface area contributed by atoms with Crippen molar-refractivity contribution < 1.29 is 9.53 Å². The van der Waals surface area contributed by atoms with Crippen molar-refractivity contribution >= 4 is 11.6 Å². The number of hydrogen-bond donors (Lipinski definition) is 3.